The van der Waals surface area contributed by atoms with Crippen LogP contribution in [0.1, 0.15) is 46.1 Å². The van der Waals surface area contributed by atoms with E-state index in [1.54, 1.807) is 0 Å². The molecular formula is C15H23BBrNO3. The van der Waals surface area contributed by atoms with Crippen LogP contribution < -0.4 is 10.5 Å². The first-order valence-electron chi connectivity index (χ1n) is 7.21. The highest BCUT2D eigenvalue weighted by molar-refractivity contribution is 9.10. The second kappa shape index (κ2) is 5.91. The second-order valence-corrected chi connectivity index (χ2v) is 7.18. The second-order valence-electron chi connectivity index (χ2n) is 6.27. The number of ether oxygens (including phenoxy) is 1. The Morgan fingerprint density at radius 1 is 1.24 bits per heavy atom. The summed E-state index contributed by atoms with van der Waals surface area (Å²) in [5.41, 5.74) is 6.48. The third-order valence-electron chi connectivity index (χ3n) is 4.20. The van der Waals surface area contributed by atoms with Crippen LogP contribution in [0.3, 0.4) is 0 Å². The van der Waals surface area contributed by atoms with Crippen LogP contribution in [0.4, 0.5) is 0 Å². The van der Waals surface area contributed by atoms with Crippen LogP contribution in [-0.2, 0) is 9.31 Å². The van der Waals surface area contributed by atoms with Crippen LogP contribution in [0.2, 0.25) is 0 Å². The van der Waals surface area contributed by atoms with Gasteiger partial charge in [0.25, 0.3) is 0 Å². The molecule has 0 unspecified atom stereocenters. The van der Waals surface area contributed by atoms with Crippen molar-refractivity contribution < 1.29 is 14.0 Å². The van der Waals surface area contributed by atoms with E-state index in [-0.39, 0.29) is 0 Å². The number of benzene rings is 1. The van der Waals surface area contributed by atoms with Gasteiger partial charge in [0.05, 0.1) is 23.8 Å². The predicted octanol–water partition coefficient (Wildman–Crippen LogP) is 3.48. The maximum absolute atomic E-state index is 6.39. The minimum atomic E-state index is -0.497. The lowest BCUT2D eigenvalue weighted by atomic mass is 9.74. The van der Waals surface area contributed by atoms with Crippen LogP contribution in [0.5, 0.6) is 5.75 Å². The third kappa shape index (κ3) is 3.28. The minimum Gasteiger partial charge on any atom is -0.494 e. The van der Waals surface area contributed by atoms with E-state index >= 15 is 0 Å². The van der Waals surface area contributed by atoms with E-state index in [1.807, 2.05) is 52.8 Å². The van der Waals surface area contributed by atoms with Crippen LogP contribution in [0.15, 0.2) is 22.7 Å². The number of nitrogens with two attached hydrogens (primary N) is 1. The number of halogens is 1. The Kier molecular flexibility index (Phi) is 4.73. The lowest BCUT2D eigenvalue weighted by Gasteiger charge is -2.32. The first-order valence-corrected chi connectivity index (χ1v) is 8.00. The Labute approximate surface area is 135 Å². The van der Waals surface area contributed by atoms with Gasteiger partial charge in [-0.25, -0.2) is 0 Å². The van der Waals surface area contributed by atoms with Gasteiger partial charge in [-0.15, -0.1) is 0 Å². The summed E-state index contributed by atoms with van der Waals surface area (Å²) in [7, 11) is -0.497. The van der Waals surface area contributed by atoms with Gasteiger partial charge in [-0.2, -0.15) is 0 Å². The smallest absolute Gasteiger partial charge is 0.480 e. The first-order chi connectivity index (χ1) is 9.68. The fourth-order valence-electron chi connectivity index (χ4n) is 2.25. The minimum absolute atomic E-state index is 0.396. The highest BCUT2D eigenvalue weighted by Gasteiger charge is 2.53. The van der Waals surface area contributed by atoms with E-state index in [0.29, 0.717) is 6.61 Å². The molecule has 21 heavy (non-hydrogen) atoms. The van der Waals surface area contributed by atoms with Crippen molar-refractivity contribution in [3.8, 4) is 5.75 Å². The molecule has 0 bridgehead atoms. The summed E-state index contributed by atoms with van der Waals surface area (Å²) in [6, 6.07) is 5.81. The Morgan fingerprint density at radius 2 is 1.81 bits per heavy atom. The lowest BCUT2D eigenvalue weighted by molar-refractivity contribution is 0.00578. The molecule has 1 aliphatic rings. The normalized spacial score (nSPS) is 21.4. The summed E-state index contributed by atoms with van der Waals surface area (Å²) >= 11 is 3.48. The molecule has 1 atom stereocenters. The largest absolute Gasteiger partial charge is 0.494 e. The zero-order chi connectivity index (χ0) is 15.8. The van der Waals surface area contributed by atoms with E-state index in [2.05, 4.69) is 15.9 Å². The summed E-state index contributed by atoms with van der Waals surface area (Å²) in [4.78, 5) is 0. The van der Waals surface area contributed by atoms with Crippen molar-refractivity contribution in [2.75, 3.05) is 6.61 Å². The molecule has 4 nitrogen and oxygen atoms in total. The van der Waals surface area contributed by atoms with Crippen molar-refractivity contribution >= 4 is 23.0 Å². The highest BCUT2D eigenvalue weighted by Crippen LogP contribution is 2.41. The predicted molar refractivity (Wildman–Crippen MR) is 88.3 cm³/mol. The van der Waals surface area contributed by atoms with Crippen molar-refractivity contribution in [3.63, 3.8) is 0 Å². The van der Waals surface area contributed by atoms with Crippen molar-refractivity contribution in [2.45, 2.75) is 51.8 Å². The average molecular weight is 356 g/mol. The van der Waals surface area contributed by atoms with Crippen LogP contribution >= 0.6 is 15.9 Å². The fourth-order valence-corrected chi connectivity index (χ4v) is 2.63. The molecular weight excluding hydrogens is 333 g/mol. The van der Waals surface area contributed by atoms with Gasteiger partial charge in [-0.3, -0.25) is 0 Å². The zero-order valence-electron chi connectivity index (χ0n) is 13.3. The molecule has 0 aromatic heterocycles. The summed E-state index contributed by atoms with van der Waals surface area (Å²) in [5.74, 6) is 0.355. The van der Waals surface area contributed by atoms with E-state index in [4.69, 9.17) is 19.8 Å². The van der Waals surface area contributed by atoms with Gasteiger partial charge < -0.3 is 19.8 Å². The van der Waals surface area contributed by atoms with Gasteiger partial charge in [0.15, 0.2) is 0 Å². The summed E-state index contributed by atoms with van der Waals surface area (Å²) in [6.07, 6.45) is 0. The molecule has 116 valence electrons. The van der Waals surface area contributed by atoms with Gasteiger partial charge in [0.2, 0.25) is 0 Å². The molecule has 1 aromatic carbocycles. The molecule has 1 heterocycles. The molecule has 1 aromatic rings. The highest BCUT2D eigenvalue weighted by atomic mass is 79.9. The maximum atomic E-state index is 6.39. The van der Waals surface area contributed by atoms with E-state index in [0.717, 1.165) is 15.8 Å². The van der Waals surface area contributed by atoms with Gasteiger partial charge >= 0.3 is 7.12 Å². The van der Waals surface area contributed by atoms with Crippen molar-refractivity contribution in [2.24, 2.45) is 5.73 Å². The molecule has 1 fully saturated rings. The standard InChI is InChI=1S/C15H23BBrNO3/c1-6-19-12-8-7-10(17)9-11(12)13(18)16-20-14(2,3)15(4,5)21-16/h7-9,13H,6,18H2,1-5H3/t13-/m0/s1. The summed E-state index contributed by atoms with van der Waals surface area (Å²) in [6.45, 7) is 10.6. The monoisotopic (exact) mass is 355 g/mol. The summed E-state index contributed by atoms with van der Waals surface area (Å²) < 4.78 is 18.7. The average Bonchev–Trinajstić information content (AvgIpc) is 2.60. The van der Waals surface area contributed by atoms with Crippen LogP contribution in [-0.4, -0.2) is 24.9 Å². The number of rotatable bonds is 4. The molecule has 0 saturated carbocycles. The molecule has 0 amide bonds. The Bertz CT molecular complexity index is 506. The molecule has 1 aliphatic heterocycles. The molecule has 2 rings (SSSR count). The molecule has 0 radical (unpaired) electrons. The van der Waals surface area contributed by atoms with Crippen LogP contribution in [0, 0.1) is 0 Å². The zero-order valence-corrected chi connectivity index (χ0v) is 14.9. The van der Waals surface area contributed by atoms with Gasteiger partial charge in [-0.05, 0) is 52.8 Å². The maximum Gasteiger partial charge on any atom is 0.480 e. The van der Waals surface area contributed by atoms with Gasteiger partial charge in [-0.1, -0.05) is 15.9 Å². The fraction of sp³-hybridized carbons (Fsp3) is 0.600. The van der Waals surface area contributed by atoms with Gasteiger partial charge in [0.1, 0.15) is 5.75 Å². The Balaban J connectivity index is 2.29. The molecule has 2 N–H and O–H groups in total. The van der Waals surface area contributed by atoms with E-state index in [9.17, 15) is 0 Å². The van der Waals surface area contributed by atoms with Crippen molar-refractivity contribution in [3.05, 3.63) is 28.2 Å². The number of hydrogen-bond donors (Lipinski definition) is 1. The Morgan fingerprint density at radius 3 is 2.33 bits per heavy atom. The van der Waals surface area contributed by atoms with Crippen molar-refractivity contribution in [1.29, 1.82) is 0 Å². The van der Waals surface area contributed by atoms with E-state index < -0.39 is 24.3 Å². The van der Waals surface area contributed by atoms with Crippen molar-refractivity contribution in [1.82, 2.24) is 0 Å². The molecule has 6 heteroatoms. The lowest BCUT2D eigenvalue weighted by Crippen LogP contribution is -2.41. The molecule has 1 saturated heterocycles. The van der Waals surface area contributed by atoms with E-state index in [1.165, 1.54) is 0 Å². The third-order valence-corrected chi connectivity index (χ3v) is 4.69. The quantitative estimate of drug-likeness (QED) is 0.840. The number of hydrogen-bond acceptors (Lipinski definition) is 4. The topological polar surface area (TPSA) is 53.7 Å². The molecule has 0 aliphatic carbocycles. The Hall–Kier alpha value is -0.555. The first kappa shape index (κ1) is 16.8. The van der Waals surface area contributed by atoms with Crippen LogP contribution in [0.25, 0.3) is 0 Å². The van der Waals surface area contributed by atoms with Gasteiger partial charge in [0, 0.05) is 10.0 Å². The SMILES string of the molecule is CCOc1ccc(Br)cc1[C@H](N)B1OC(C)(C)C(C)(C)O1. The molecule has 0 spiro atoms. The summed E-state index contributed by atoms with van der Waals surface area (Å²) in [5, 5.41) is 0.